The van der Waals surface area contributed by atoms with Crippen LogP contribution in [0.25, 0.3) is 0 Å². The van der Waals surface area contributed by atoms with Crippen LogP contribution in [0, 0.1) is 30.5 Å². The lowest BCUT2D eigenvalue weighted by molar-refractivity contribution is -0.135. The number of carbonyl (C=O) groups is 2. The van der Waals surface area contributed by atoms with Gasteiger partial charge in [-0.25, -0.2) is 9.18 Å². The van der Waals surface area contributed by atoms with Crippen LogP contribution in [0.2, 0.25) is 0 Å². The average molecular weight is 554 g/mol. The van der Waals surface area contributed by atoms with Crippen molar-refractivity contribution >= 4 is 29.4 Å². The first-order valence-electron chi connectivity index (χ1n) is 13.4. The van der Waals surface area contributed by atoms with E-state index in [4.69, 9.17) is 16.3 Å². The van der Waals surface area contributed by atoms with Crippen LogP contribution in [0.1, 0.15) is 25.0 Å². The van der Waals surface area contributed by atoms with E-state index in [1.165, 1.54) is 24.3 Å². The van der Waals surface area contributed by atoms with Crippen LogP contribution in [-0.4, -0.2) is 71.3 Å². The molecule has 39 heavy (non-hydrogen) atoms. The maximum Gasteiger partial charge on any atom is 0.415 e. The minimum absolute atomic E-state index is 0.0277. The third kappa shape index (κ3) is 6.24. The number of aryl methyl sites for hydroxylation is 1. The van der Waals surface area contributed by atoms with Gasteiger partial charge in [0.1, 0.15) is 11.6 Å². The van der Waals surface area contributed by atoms with E-state index < -0.39 is 11.9 Å². The summed E-state index contributed by atoms with van der Waals surface area (Å²) in [5.74, 6) is 0.926. The Kier molecular flexibility index (Phi) is 8.16. The number of likely N-dealkylation sites (tertiary alicyclic amines) is 1. The fraction of sp³-hybridized carbons (Fsp3) is 0.448. The molecule has 0 radical (unpaired) electrons. The summed E-state index contributed by atoms with van der Waals surface area (Å²) in [6.07, 6.45) is 7.64. The molecule has 2 fully saturated rings. The molecule has 0 spiro atoms. The van der Waals surface area contributed by atoms with Gasteiger partial charge in [0.15, 0.2) is 5.82 Å². The highest BCUT2D eigenvalue weighted by Crippen LogP contribution is 2.36. The smallest absolute Gasteiger partial charge is 0.410 e. The van der Waals surface area contributed by atoms with Crippen molar-refractivity contribution < 1.29 is 18.7 Å². The van der Waals surface area contributed by atoms with Crippen molar-refractivity contribution in [3.63, 3.8) is 0 Å². The molecule has 206 valence electrons. The van der Waals surface area contributed by atoms with E-state index in [-0.39, 0.29) is 35.5 Å². The topological polar surface area (TPSA) is 78.9 Å². The molecule has 1 aromatic heterocycles. The first-order chi connectivity index (χ1) is 18.8. The van der Waals surface area contributed by atoms with Crippen molar-refractivity contribution in [1.82, 2.24) is 20.0 Å². The number of hydrogen-bond acceptors (Lipinski definition) is 6. The van der Waals surface area contributed by atoms with Gasteiger partial charge < -0.3 is 19.4 Å². The summed E-state index contributed by atoms with van der Waals surface area (Å²) >= 11 is 6.17. The SMILES string of the molecule is Cc1ccc(N2CCC(C(=O)N3C[C@@H](N(C)C(=O)Oc4ccc(F)cc4)[C@H](C4C=CC(Cl)=CC4)C3)CC2)nn1. The number of likely N-dealkylation sites (N-methyl/N-ethyl adjacent to an activating group) is 1. The number of nitrogens with zero attached hydrogens (tertiary/aromatic N) is 5. The highest BCUT2D eigenvalue weighted by Gasteiger charge is 2.44. The zero-order valence-electron chi connectivity index (χ0n) is 22.2. The van der Waals surface area contributed by atoms with Gasteiger partial charge in [0.05, 0.1) is 11.7 Å². The number of amides is 2. The maximum atomic E-state index is 13.7. The van der Waals surface area contributed by atoms with Crippen LogP contribution in [0.4, 0.5) is 15.0 Å². The van der Waals surface area contributed by atoms with Gasteiger partial charge in [-0.1, -0.05) is 23.8 Å². The van der Waals surface area contributed by atoms with Gasteiger partial charge >= 0.3 is 6.09 Å². The Labute approximate surface area is 233 Å². The lowest BCUT2D eigenvalue weighted by Crippen LogP contribution is -2.46. The molecule has 1 aliphatic carbocycles. The molecule has 2 aliphatic heterocycles. The molecule has 10 heteroatoms. The Morgan fingerprint density at radius 3 is 2.46 bits per heavy atom. The molecule has 1 aromatic carbocycles. The lowest BCUT2D eigenvalue weighted by atomic mass is 9.83. The fourth-order valence-corrected chi connectivity index (χ4v) is 5.90. The molecule has 5 rings (SSSR count). The third-order valence-corrected chi connectivity index (χ3v) is 8.32. The molecule has 3 atom stereocenters. The average Bonchev–Trinajstić information content (AvgIpc) is 3.40. The molecular formula is C29H33ClFN5O3. The number of hydrogen-bond donors (Lipinski definition) is 0. The molecular weight excluding hydrogens is 521 g/mol. The summed E-state index contributed by atoms with van der Waals surface area (Å²) in [5.41, 5.74) is 0.874. The summed E-state index contributed by atoms with van der Waals surface area (Å²) in [5, 5.41) is 9.14. The molecule has 3 heterocycles. The second-order valence-corrected chi connectivity index (χ2v) is 11.0. The number of anilines is 1. The normalized spacial score (nSPS) is 23.5. The van der Waals surface area contributed by atoms with E-state index in [1.807, 2.05) is 36.1 Å². The van der Waals surface area contributed by atoms with Gasteiger partial charge in [-0.3, -0.25) is 4.79 Å². The quantitative estimate of drug-likeness (QED) is 0.529. The number of halogens is 2. The number of allylic oxidation sites excluding steroid dienone is 4. The molecule has 2 amide bonds. The second kappa shape index (κ2) is 11.7. The van der Waals surface area contributed by atoms with Crippen molar-refractivity contribution in [3.05, 3.63) is 71.2 Å². The van der Waals surface area contributed by atoms with Crippen LogP contribution in [-0.2, 0) is 4.79 Å². The second-order valence-electron chi connectivity index (χ2n) is 10.5. The number of aromatic nitrogens is 2. The Morgan fingerprint density at radius 2 is 1.82 bits per heavy atom. The first kappa shape index (κ1) is 27.1. The maximum absolute atomic E-state index is 13.7. The van der Waals surface area contributed by atoms with Gasteiger partial charge in [0, 0.05) is 50.1 Å². The zero-order valence-corrected chi connectivity index (χ0v) is 22.9. The summed E-state index contributed by atoms with van der Waals surface area (Å²) in [7, 11) is 1.70. The third-order valence-electron chi connectivity index (χ3n) is 8.04. The van der Waals surface area contributed by atoms with Gasteiger partial charge in [-0.2, -0.15) is 5.10 Å². The Morgan fingerprint density at radius 1 is 1.08 bits per heavy atom. The van der Waals surface area contributed by atoms with Crippen LogP contribution in [0.15, 0.2) is 59.7 Å². The van der Waals surface area contributed by atoms with E-state index >= 15 is 0 Å². The number of ether oxygens (including phenoxy) is 1. The van der Waals surface area contributed by atoms with Crippen molar-refractivity contribution in [2.45, 2.75) is 32.2 Å². The highest BCUT2D eigenvalue weighted by molar-refractivity contribution is 6.31. The van der Waals surface area contributed by atoms with E-state index in [1.54, 1.807) is 11.9 Å². The highest BCUT2D eigenvalue weighted by atomic mass is 35.5. The van der Waals surface area contributed by atoms with E-state index in [2.05, 4.69) is 21.2 Å². The van der Waals surface area contributed by atoms with Gasteiger partial charge in [0.2, 0.25) is 5.91 Å². The van der Waals surface area contributed by atoms with Crippen LogP contribution >= 0.6 is 11.6 Å². The largest absolute Gasteiger partial charge is 0.415 e. The molecule has 2 saturated heterocycles. The monoisotopic (exact) mass is 553 g/mol. The zero-order chi connectivity index (χ0) is 27.5. The minimum Gasteiger partial charge on any atom is -0.410 e. The van der Waals surface area contributed by atoms with E-state index in [0.717, 1.165) is 43.9 Å². The Hall–Kier alpha value is -3.46. The Balaban J connectivity index is 1.26. The number of piperidine rings is 1. The number of benzene rings is 1. The number of carbonyl (C=O) groups excluding carboxylic acids is 2. The van der Waals surface area contributed by atoms with E-state index in [0.29, 0.717) is 18.1 Å². The summed E-state index contributed by atoms with van der Waals surface area (Å²) in [6, 6.07) is 9.04. The molecule has 3 aliphatic rings. The molecule has 2 aromatic rings. The molecule has 0 saturated carbocycles. The number of rotatable bonds is 5. The predicted molar refractivity (Wildman–Crippen MR) is 147 cm³/mol. The molecule has 0 bridgehead atoms. The van der Waals surface area contributed by atoms with Gasteiger partial charge in [-0.05, 0) is 74.6 Å². The lowest BCUT2D eigenvalue weighted by Gasteiger charge is -2.33. The van der Waals surface area contributed by atoms with E-state index in [9.17, 15) is 14.0 Å². The Bertz CT molecular complexity index is 1240. The predicted octanol–water partition coefficient (Wildman–Crippen LogP) is 4.80. The van der Waals surface area contributed by atoms with Gasteiger partial charge in [-0.15, -0.1) is 5.10 Å². The first-order valence-corrected chi connectivity index (χ1v) is 13.7. The molecule has 0 N–H and O–H groups in total. The van der Waals surface area contributed by atoms with Crippen LogP contribution in [0.3, 0.4) is 0 Å². The van der Waals surface area contributed by atoms with Crippen molar-refractivity contribution in [2.75, 3.05) is 38.1 Å². The summed E-state index contributed by atoms with van der Waals surface area (Å²) in [4.78, 5) is 32.4. The van der Waals surface area contributed by atoms with Crippen molar-refractivity contribution in [2.24, 2.45) is 17.8 Å². The molecule has 1 unspecified atom stereocenters. The van der Waals surface area contributed by atoms with Crippen molar-refractivity contribution in [3.8, 4) is 5.75 Å². The molecule has 8 nitrogen and oxygen atoms in total. The van der Waals surface area contributed by atoms with Crippen LogP contribution in [0.5, 0.6) is 5.75 Å². The minimum atomic E-state index is -0.535. The summed E-state index contributed by atoms with van der Waals surface area (Å²) < 4.78 is 18.8. The van der Waals surface area contributed by atoms with Crippen molar-refractivity contribution in [1.29, 1.82) is 0 Å². The van der Waals surface area contributed by atoms with Gasteiger partial charge in [0.25, 0.3) is 0 Å². The van der Waals surface area contributed by atoms with Crippen LogP contribution < -0.4 is 9.64 Å². The standard InChI is InChI=1S/C29H33ClFN5O3/c1-19-3-12-27(33-32-19)35-15-13-21(14-16-35)28(37)36-17-25(20-4-6-22(30)7-5-20)26(18-36)34(2)29(38)39-24-10-8-23(31)9-11-24/h3-4,6-12,20-21,25-26H,5,13-18H2,1-2H3/t20?,25-,26+/m0/s1. The fourth-order valence-electron chi connectivity index (χ4n) is 5.74. The summed E-state index contributed by atoms with van der Waals surface area (Å²) in [6.45, 7) is 4.39.